The molecule has 1 aromatic rings. The van der Waals surface area contributed by atoms with Crippen LogP contribution in [0.2, 0.25) is 0 Å². The summed E-state index contributed by atoms with van der Waals surface area (Å²) in [4.78, 5) is 22.5. The van der Waals surface area contributed by atoms with Gasteiger partial charge in [0.15, 0.2) is 5.92 Å². The predicted molar refractivity (Wildman–Crippen MR) is 65.6 cm³/mol. The van der Waals surface area contributed by atoms with Crippen molar-refractivity contribution in [3.05, 3.63) is 34.3 Å². The third kappa shape index (κ3) is 4.19. The van der Waals surface area contributed by atoms with Crippen molar-refractivity contribution in [1.82, 2.24) is 0 Å². The SMILES string of the molecule is CCOC(=O)C(Cc1cccc(Br)c1)C(=O)O. The van der Waals surface area contributed by atoms with Gasteiger partial charge in [-0.2, -0.15) is 0 Å². The van der Waals surface area contributed by atoms with Gasteiger partial charge < -0.3 is 9.84 Å². The fourth-order valence-electron chi connectivity index (χ4n) is 1.41. The van der Waals surface area contributed by atoms with Gasteiger partial charge >= 0.3 is 11.9 Å². The summed E-state index contributed by atoms with van der Waals surface area (Å²) in [5.41, 5.74) is 0.778. The van der Waals surface area contributed by atoms with E-state index in [1.165, 1.54) is 0 Å². The Morgan fingerprint density at radius 1 is 1.47 bits per heavy atom. The second-order valence-electron chi connectivity index (χ2n) is 3.48. The highest BCUT2D eigenvalue weighted by molar-refractivity contribution is 9.10. The van der Waals surface area contributed by atoms with Gasteiger partial charge in [-0.3, -0.25) is 9.59 Å². The van der Waals surface area contributed by atoms with Crippen molar-refractivity contribution in [3.63, 3.8) is 0 Å². The van der Waals surface area contributed by atoms with E-state index in [0.29, 0.717) is 0 Å². The zero-order valence-corrected chi connectivity index (χ0v) is 10.9. The van der Waals surface area contributed by atoms with Gasteiger partial charge in [0.25, 0.3) is 0 Å². The van der Waals surface area contributed by atoms with Crippen LogP contribution in [0.15, 0.2) is 28.7 Å². The molecule has 1 aromatic carbocycles. The van der Waals surface area contributed by atoms with Crippen LogP contribution in [0, 0.1) is 5.92 Å². The zero-order valence-electron chi connectivity index (χ0n) is 9.35. The second kappa shape index (κ2) is 6.39. The fourth-order valence-corrected chi connectivity index (χ4v) is 1.86. The molecule has 0 saturated heterocycles. The first-order chi connectivity index (χ1) is 8.04. The number of carboxylic acids is 1. The average molecular weight is 301 g/mol. The van der Waals surface area contributed by atoms with Gasteiger partial charge in [-0.15, -0.1) is 0 Å². The molecule has 1 N–H and O–H groups in total. The van der Waals surface area contributed by atoms with E-state index in [-0.39, 0.29) is 13.0 Å². The number of rotatable bonds is 5. The molecule has 0 saturated carbocycles. The maximum absolute atomic E-state index is 11.5. The average Bonchev–Trinajstić information content (AvgIpc) is 2.26. The Morgan fingerprint density at radius 3 is 2.71 bits per heavy atom. The molecule has 0 aliphatic carbocycles. The molecular formula is C12H13BrO4. The number of carboxylic acid groups (broad SMARTS) is 1. The number of aliphatic carboxylic acids is 1. The minimum atomic E-state index is -1.16. The molecule has 0 bridgehead atoms. The fraction of sp³-hybridized carbons (Fsp3) is 0.333. The standard InChI is InChI=1S/C12H13BrO4/c1-2-17-12(16)10(11(14)15)7-8-4-3-5-9(13)6-8/h3-6,10H,2,7H2,1H3,(H,14,15). The van der Waals surface area contributed by atoms with Crippen molar-refractivity contribution in [2.24, 2.45) is 5.92 Å². The molecule has 0 spiro atoms. The quantitative estimate of drug-likeness (QED) is 0.669. The van der Waals surface area contributed by atoms with Crippen LogP contribution in [0.5, 0.6) is 0 Å². The van der Waals surface area contributed by atoms with Crippen molar-refractivity contribution in [1.29, 1.82) is 0 Å². The van der Waals surface area contributed by atoms with Gasteiger partial charge in [0.2, 0.25) is 0 Å². The Morgan fingerprint density at radius 2 is 2.18 bits per heavy atom. The number of hydrogen-bond donors (Lipinski definition) is 1. The highest BCUT2D eigenvalue weighted by atomic mass is 79.9. The molecule has 1 unspecified atom stereocenters. The van der Waals surface area contributed by atoms with Crippen LogP contribution in [0.25, 0.3) is 0 Å². The molecule has 5 heteroatoms. The minimum Gasteiger partial charge on any atom is -0.481 e. The largest absolute Gasteiger partial charge is 0.481 e. The molecule has 0 aliphatic heterocycles. The summed E-state index contributed by atoms with van der Waals surface area (Å²) >= 11 is 3.29. The number of carbonyl (C=O) groups excluding carboxylic acids is 1. The molecule has 4 nitrogen and oxygen atoms in total. The Kier molecular flexibility index (Phi) is 5.15. The molecule has 0 fully saturated rings. The van der Waals surface area contributed by atoms with Crippen molar-refractivity contribution in [2.75, 3.05) is 6.61 Å². The Bertz CT molecular complexity index is 417. The van der Waals surface area contributed by atoms with E-state index in [9.17, 15) is 9.59 Å². The molecule has 0 aliphatic rings. The predicted octanol–water partition coefficient (Wildman–Crippen LogP) is 2.26. The number of esters is 1. The van der Waals surface area contributed by atoms with Crippen LogP contribution in [0.4, 0.5) is 0 Å². The van der Waals surface area contributed by atoms with Gasteiger partial charge in [0.05, 0.1) is 6.61 Å². The van der Waals surface area contributed by atoms with Crippen LogP contribution in [-0.4, -0.2) is 23.7 Å². The zero-order chi connectivity index (χ0) is 12.8. The van der Waals surface area contributed by atoms with Crippen molar-refractivity contribution < 1.29 is 19.4 Å². The van der Waals surface area contributed by atoms with Gasteiger partial charge in [0.1, 0.15) is 0 Å². The third-order valence-electron chi connectivity index (χ3n) is 2.20. The van der Waals surface area contributed by atoms with Gasteiger partial charge in [0, 0.05) is 4.47 Å². The lowest BCUT2D eigenvalue weighted by Crippen LogP contribution is -2.27. The Hall–Kier alpha value is -1.36. The first-order valence-electron chi connectivity index (χ1n) is 5.18. The van der Waals surface area contributed by atoms with Gasteiger partial charge in [-0.1, -0.05) is 28.1 Å². The molecule has 17 heavy (non-hydrogen) atoms. The summed E-state index contributed by atoms with van der Waals surface area (Å²) in [6.07, 6.45) is 0.133. The van der Waals surface area contributed by atoms with E-state index in [4.69, 9.17) is 9.84 Å². The first-order valence-corrected chi connectivity index (χ1v) is 5.97. The molecular weight excluding hydrogens is 288 g/mol. The minimum absolute atomic E-state index is 0.133. The maximum Gasteiger partial charge on any atom is 0.320 e. The van der Waals surface area contributed by atoms with Crippen molar-refractivity contribution in [3.8, 4) is 0 Å². The number of carbonyl (C=O) groups is 2. The molecule has 0 amide bonds. The molecule has 0 aromatic heterocycles. The van der Waals surface area contributed by atoms with Crippen LogP contribution in [0.3, 0.4) is 0 Å². The Balaban J connectivity index is 2.80. The van der Waals surface area contributed by atoms with Crippen molar-refractivity contribution >= 4 is 27.9 Å². The van der Waals surface area contributed by atoms with Crippen LogP contribution >= 0.6 is 15.9 Å². The highest BCUT2D eigenvalue weighted by Crippen LogP contribution is 2.16. The lowest BCUT2D eigenvalue weighted by atomic mass is 10.00. The van der Waals surface area contributed by atoms with E-state index in [1.54, 1.807) is 25.1 Å². The second-order valence-corrected chi connectivity index (χ2v) is 4.39. The lowest BCUT2D eigenvalue weighted by Gasteiger charge is -2.11. The summed E-state index contributed by atoms with van der Waals surface area (Å²) < 4.78 is 5.59. The van der Waals surface area contributed by atoms with Crippen LogP contribution in [-0.2, 0) is 20.7 Å². The molecule has 1 atom stereocenters. The monoisotopic (exact) mass is 300 g/mol. The van der Waals surface area contributed by atoms with Gasteiger partial charge in [-0.25, -0.2) is 0 Å². The van der Waals surface area contributed by atoms with Crippen LogP contribution in [0.1, 0.15) is 12.5 Å². The van der Waals surface area contributed by atoms with Crippen molar-refractivity contribution in [2.45, 2.75) is 13.3 Å². The van der Waals surface area contributed by atoms with E-state index < -0.39 is 17.9 Å². The lowest BCUT2D eigenvalue weighted by molar-refractivity contribution is -0.158. The number of hydrogen-bond acceptors (Lipinski definition) is 3. The molecule has 92 valence electrons. The summed E-state index contributed by atoms with van der Waals surface area (Å²) in [6.45, 7) is 1.83. The van der Waals surface area contributed by atoms with Gasteiger partial charge in [-0.05, 0) is 31.0 Å². The van der Waals surface area contributed by atoms with E-state index in [0.717, 1.165) is 10.0 Å². The molecule has 1 rings (SSSR count). The summed E-state index contributed by atoms with van der Waals surface area (Å²) in [6, 6.07) is 7.20. The highest BCUT2D eigenvalue weighted by Gasteiger charge is 2.27. The normalized spacial score (nSPS) is 11.9. The molecule has 0 heterocycles. The van der Waals surface area contributed by atoms with E-state index in [1.807, 2.05) is 6.07 Å². The van der Waals surface area contributed by atoms with E-state index >= 15 is 0 Å². The number of halogens is 1. The van der Waals surface area contributed by atoms with E-state index in [2.05, 4.69) is 15.9 Å². The topological polar surface area (TPSA) is 63.6 Å². The number of benzene rings is 1. The van der Waals surface area contributed by atoms with Crippen LogP contribution < -0.4 is 0 Å². The number of ether oxygens (including phenoxy) is 1. The first kappa shape index (κ1) is 13.7. The summed E-state index contributed by atoms with van der Waals surface area (Å²) in [7, 11) is 0. The Labute approximate surface area is 108 Å². The molecule has 0 radical (unpaired) electrons. The summed E-state index contributed by atoms with van der Waals surface area (Å²) in [5.74, 6) is -3.01. The maximum atomic E-state index is 11.5. The third-order valence-corrected chi connectivity index (χ3v) is 2.69. The smallest absolute Gasteiger partial charge is 0.320 e. The summed E-state index contributed by atoms with van der Waals surface area (Å²) in [5, 5.41) is 8.99.